The van der Waals surface area contributed by atoms with Gasteiger partial charge in [-0.05, 0) is 11.3 Å². The molecule has 0 unspecified atom stereocenters. The molecular weight excluding hydrogens is 296 g/mol. The molecule has 1 heterocycles. The molecule has 1 aromatic carbocycles. The molecule has 0 amide bonds. The molecule has 110 valence electrons. The third-order valence-corrected chi connectivity index (χ3v) is 3.51. The molecule has 0 bridgehead atoms. The number of benzene rings is 1. The van der Waals surface area contributed by atoms with Crippen LogP contribution in [-0.4, -0.2) is 25.2 Å². The number of nitro groups is 1. The smallest absolute Gasteiger partial charge is 0.268 e. The summed E-state index contributed by atoms with van der Waals surface area (Å²) in [5.41, 5.74) is -0.552. The minimum absolute atomic E-state index is 0.0196. The number of rotatable bonds is 5. The Kier molecular flexibility index (Phi) is 4.53. The fourth-order valence-corrected chi connectivity index (χ4v) is 2.41. The first-order chi connectivity index (χ1) is 10.0. The predicted octanol–water partition coefficient (Wildman–Crippen LogP) is 1.00. The second-order valence-electron chi connectivity index (χ2n) is 4.07. The van der Waals surface area contributed by atoms with Gasteiger partial charge >= 0.3 is 11.4 Å². The van der Waals surface area contributed by atoms with Gasteiger partial charge in [0, 0.05) is 12.1 Å². The Bertz CT molecular complexity index is 766. The summed E-state index contributed by atoms with van der Waals surface area (Å²) in [6.45, 7) is 2.07. The molecule has 0 aliphatic carbocycles. The van der Waals surface area contributed by atoms with Crippen LogP contribution in [0.2, 0.25) is 0 Å². The predicted molar refractivity (Wildman–Crippen MR) is 77.7 cm³/mol. The molecule has 1 aromatic heterocycles. The number of aromatic nitrogens is 3. The minimum atomic E-state index is -0.684. The van der Waals surface area contributed by atoms with Gasteiger partial charge in [-0.25, -0.2) is 9.59 Å². The van der Waals surface area contributed by atoms with E-state index in [0.29, 0.717) is 16.5 Å². The third kappa shape index (κ3) is 3.57. The first-order valence-electron chi connectivity index (χ1n) is 6.08. The fraction of sp³-hybridized carbons (Fsp3) is 0.250. The van der Waals surface area contributed by atoms with E-state index in [0.717, 1.165) is 0 Å². The van der Waals surface area contributed by atoms with E-state index in [4.69, 9.17) is 0 Å². The van der Waals surface area contributed by atoms with E-state index < -0.39 is 16.3 Å². The first kappa shape index (κ1) is 15.0. The maximum atomic E-state index is 11.9. The number of hydrogen-bond acceptors (Lipinski definition) is 6. The van der Waals surface area contributed by atoms with E-state index in [1.165, 1.54) is 28.5 Å². The number of aromatic amines is 1. The third-order valence-electron chi connectivity index (χ3n) is 2.65. The van der Waals surface area contributed by atoms with Gasteiger partial charge in [-0.1, -0.05) is 30.8 Å². The molecule has 21 heavy (non-hydrogen) atoms. The zero-order chi connectivity index (χ0) is 15.4. The van der Waals surface area contributed by atoms with Gasteiger partial charge in [-0.15, -0.1) is 0 Å². The summed E-state index contributed by atoms with van der Waals surface area (Å²) in [6, 6.07) is 5.87. The van der Waals surface area contributed by atoms with Gasteiger partial charge in [0.05, 0.1) is 11.5 Å². The molecule has 0 saturated heterocycles. The second-order valence-corrected chi connectivity index (χ2v) is 5.30. The quantitative estimate of drug-likeness (QED) is 0.501. The monoisotopic (exact) mass is 308 g/mol. The van der Waals surface area contributed by atoms with E-state index in [1.54, 1.807) is 12.1 Å². The zero-order valence-electron chi connectivity index (χ0n) is 11.1. The number of nitrogens with one attached hydrogen (secondary N) is 1. The molecule has 0 fully saturated rings. The van der Waals surface area contributed by atoms with Crippen LogP contribution in [0.5, 0.6) is 0 Å². The Labute approximate surface area is 123 Å². The maximum Gasteiger partial charge on any atom is 0.351 e. The van der Waals surface area contributed by atoms with Crippen molar-refractivity contribution in [1.29, 1.82) is 0 Å². The highest BCUT2D eigenvalue weighted by molar-refractivity contribution is 7.99. The SMILES string of the molecule is CCSc1nc(=O)[nH]c(=O)n1Cc1ccc([N+](=O)[O-])cc1. The second kappa shape index (κ2) is 6.35. The average molecular weight is 308 g/mol. The zero-order valence-corrected chi connectivity index (χ0v) is 11.9. The Morgan fingerprint density at radius 2 is 2.00 bits per heavy atom. The number of thioether (sulfide) groups is 1. The van der Waals surface area contributed by atoms with E-state index in [-0.39, 0.29) is 12.2 Å². The molecule has 1 N–H and O–H groups in total. The van der Waals surface area contributed by atoms with E-state index in [2.05, 4.69) is 9.97 Å². The Balaban J connectivity index is 2.36. The summed E-state index contributed by atoms with van der Waals surface area (Å²) in [4.78, 5) is 39.1. The number of nitrogens with zero attached hydrogens (tertiary/aromatic N) is 3. The number of H-pyrrole nitrogens is 1. The molecule has 2 aromatic rings. The topological polar surface area (TPSA) is 111 Å². The molecule has 0 aliphatic heterocycles. The molecule has 0 radical (unpaired) electrons. The largest absolute Gasteiger partial charge is 0.351 e. The molecular formula is C12H12N4O4S. The van der Waals surface area contributed by atoms with Gasteiger partial charge in [-0.3, -0.25) is 19.7 Å². The van der Waals surface area contributed by atoms with Crippen molar-refractivity contribution in [3.63, 3.8) is 0 Å². The van der Waals surface area contributed by atoms with Gasteiger partial charge in [-0.2, -0.15) is 4.98 Å². The standard InChI is InChI=1S/C12H12N4O4S/c1-2-21-12-14-10(17)13-11(18)15(12)7-8-3-5-9(6-4-8)16(19)20/h3-6H,2,7H2,1H3,(H,13,17,18). The molecule has 0 saturated carbocycles. The highest BCUT2D eigenvalue weighted by Crippen LogP contribution is 2.15. The van der Waals surface area contributed by atoms with Gasteiger partial charge in [0.15, 0.2) is 5.16 Å². The highest BCUT2D eigenvalue weighted by atomic mass is 32.2. The summed E-state index contributed by atoms with van der Waals surface area (Å²) in [7, 11) is 0. The van der Waals surface area contributed by atoms with Crippen molar-refractivity contribution in [2.24, 2.45) is 0 Å². The molecule has 0 spiro atoms. The van der Waals surface area contributed by atoms with Crippen molar-refractivity contribution in [2.45, 2.75) is 18.6 Å². The molecule has 8 nitrogen and oxygen atoms in total. The van der Waals surface area contributed by atoms with Gasteiger partial charge in [0.2, 0.25) is 0 Å². The molecule has 9 heteroatoms. The summed E-state index contributed by atoms with van der Waals surface area (Å²) >= 11 is 1.28. The normalized spacial score (nSPS) is 10.5. The van der Waals surface area contributed by atoms with E-state index >= 15 is 0 Å². The van der Waals surface area contributed by atoms with Crippen molar-refractivity contribution in [3.05, 3.63) is 60.9 Å². The highest BCUT2D eigenvalue weighted by Gasteiger charge is 2.10. The Morgan fingerprint density at radius 3 is 2.57 bits per heavy atom. The lowest BCUT2D eigenvalue weighted by atomic mass is 10.2. The summed E-state index contributed by atoms with van der Waals surface area (Å²) in [5, 5.41) is 10.9. The van der Waals surface area contributed by atoms with Crippen LogP contribution in [0, 0.1) is 10.1 Å². The summed E-state index contributed by atoms with van der Waals surface area (Å²) < 4.78 is 1.33. The van der Waals surface area contributed by atoms with Crippen molar-refractivity contribution in [2.75, 3.05) is 5.75 Å². The number of non-ortho nitro benzene ring substituents is 1. The average Bonchev–Trinajstić information content (AvgIpc) is 2.43. The van der Waals surface area contributed by atoms with Crippen LogP contribution < -0.4 is 11.4 Å². The van der Waals surface area contributed by atoms with Crippen molar-refractivity contribution in [1.82, 2.24) is 14.5 Å². The lowest BCUT2D eigenvalue weighted by molar-refractivity contribution is -0.384. The minimum Gasteiger partial charge on any atom is -0.268 e. The van der Waals surface area contributed by atoms with Crippen LogP contribution in [0.15, 0.2) is 39.0 Å². The van der Waals surface area contributed by atoms with Crippen LogP contribution in [0.1, 0.15) is 12.5 Å². The maximum absolute atomic E-state index is 11.9. The fourth-order valence-electron chi connectivity index (χ4n) is 1.71. The lowest BCUT2D eigenvalue weighted by Gasteiger charge is -2.09. The van der Waals surface area contributed by atoms with Crippen LogP contribution in [-0.2, 0) is 6.54 Å². The van der Waals surface area contributed by atoms with Crippen LogP contribution in [0.3, 0.4) is 0 Å². The number of nitro benzene ring substituents is 1. The van der Waals surface area contributed by atoms with Gasteiger partial charge < -0.3 is 0 Å². The summed E-state index contributed by atoms with van der Waals surface area (Å²) in [5.74, 6) is 0.663. The van der Waals surface area contributed by atoms with E-state index in [9.17, 15) is 19.7 Å². The molecule has 2 rings (SSSR count). The first-order valence-corrected chi connectivity index (χ1v) is 7.07. The Morgan fingerprint density at radius 1 is 1.33 bits per heavy atom. The van der Waals surface area contributed by atoms with Crippen LogP contribution >= 0.6 is 11.8 Å². The van der Waals surface area contributed by atoms with Gasteiger partial charge in [0.25, 0.3) is 5.69 Å². The van der Waals surface area contributed by atoms with Crippen LogP contribution in [0.4, 0.5) is 5.69 Å². The Hall–Kier alpha value is -2.42. The van der Waals surface area contributed by atoms with E-state index in [1.807, 2.05) is 6.92 Å². The molecule has 0 atom stereocenters. The lowest BCUT2D eigenvalue weighted by Crippen LogP contribution is -2.33. The van der Waals surface area contributed by atoms with Crippen LogP contribution in [0.25, 0.3) is 0 Å². The van der Waals surface area contributed by atoms with Crippen molar-refractivity contribution in [3.8, 4) is 0 Å². The number of hydrogen-bond donors (Lipinski definition) is 1. The van der Waals surface area contributed by atoms with Crippen molar-refractivity contribution >= 4 is 17.4 Å². The van der Waals surface area contributed by atoms with Gasteiger partial charge in [0.1, 0.15) is 0 Å². The molecule has 0 aliphatic rings. The van der Waals surface area contributed by atoms with Crippen molar-refractivity contribution < 1.29 is 4.92 Å². The summed E-state index contributed by atoms with van der Waals surface area (Å²) in [6.07, 6.45) is 0.